The van der Waals surface area contributed by atoms with Crippen LogP contribution in [0.1, 0.15) is 30.0 Å². The van der Waals surface area contributed by atoms with Crippen molar-refractivity contribution in [2.75, 3.05) is 11.1 Å². The number of fused-ring (bicyclic) bond motifs is 2. The predicted octanol–water partition coefficient (Wildman–Crippen LogP) is 3.38. The summed E-state index contributed by atoms with van der Waals surface area (Å²) >= 11 is 1.38. The Labute approximate surface area is 135 Å². The van der Waals surface area contributed by atoms with Gasteiger partial charge in [0.25, 0.3) is 4.96 Å². The highest BCUT2D eigenvalue weighted by Crippen LogP contribution is 2.36. The molecule has 3 aromatic rings. The summed E-state index contributed by atoms with van der Waals surface area (Å²) in [6.07, 6.45) is 4.59. The van der Waals surface area contributed by atoms with Gasteiger partial charge in [0.2, 0.25) is 5.82 Å². The fourth-order valence-electron chi connectivity index (χ4n) is 3.19. The highest BCUT2D eigenvalue weighted by atomic mass is 32.1. The maximum Gasteiger partial charge on any atom is 0.372 e. The Hall–Kier alpha value is -2.61. The maximum absolute atomic E-state index is 11.4. The summed E-state index contributed by atoms with van der Waals surface area (Å²) in [5, 5.41) is 16.5. The van der Waals surface area contributed by atoms with Gasteiger partial charge in [-0.25, -0.2) is 0 Å². The van der Waals surface area contributed by atoms with Gasteiger partial charge in [0.1, 0.15) is 6.20 Å². The number of nitrogens with zero attached hydrogens (tertiary/aromatic N) is 3. The first-order valence-electron chi connectivity index (χ1n) is 7.38. The average molecular weight is 329 g/mol. The van der Waals surface area contributed by atoms with Crippen molar-refractivity contribution in [1.82, 2.24) is 9.38 Å². The number of hydrogen-bond acceptors (Lipinski definition) is 6. The monoisotopic (exact) mass is 329 g/mol. The van der Waals surface area contributed by atoms with Gasteiger partial charge in [-0.15, -0.1) is 0 Å². The molecule has 1 unspecified atom stereocenters. The van der Waals surface area contributed by atoms with E-state index in [1.807, 2.05) is 18.2 Å². The van der Waals surface area contributed by atoms with E-state index in [9.17, 15) is 10.1 Å². The quantitative estimate of drug-likeness (QED) is 0.436. The molecule has 8 heteroatoms. The van der Waals surface area contributed by atoms with Crippen molar-refractivity contribution >= 4 is 33.6 Å². The van der Waals surface area contributed by atoms with Crippen LogP contribution in [-0.4, -0.2) is 14.3 Å². The molecule has 2 aromatic heterocycles. The number of imidazole rings is 1. The molecule has 0 radical (unpaired) electrons. The molecule has 1 atom stereocenters. The average Bonchev–Trinajstić information content (AvgIpc) is 3.07. The zero-order valence-corrected chi connectivity index (χ0v) is 13.0. The van der Waals surface area contributed by atoms with Crippen molar-refractivity contribution in [3.05, 3.63) is 51.0 Å². The first-order chi connectivity index (χ1) is 11.1. The number of rotatable bonds is 3. The first kappa shape index (κ1) is 14.0. The van der Waals surface area contributed by atoms with Crippen LogP contribution in [0.4, 0.5) is 17.3 Å². The van der Waals surface area contributed by atoms with E-state index in [1.165, 1.54) is 21.3 Å². The number of anilines is 2. The maximum atomic E-state index is 11.4. The smallest absolute Gasteiger partial charge is 0.372 e. The molecule has 3 N–H and O–H groups in total. The van der Waals surface area contributed by atoms with E-state index >= 15 is 0 Å². The van der Waals surface area contributed by atoms with E-state index in [1.54, 1.807) is 11.6 Å². The van der Waals surface area contributed by atoms with Crippen LogP contribution < -0.4 is 11.1 Å². The molecule has 0 amide bonds. The molecule has 23 heavy (non-hydrogen) atoms. The van der Waals surface area contributed by atoms with Gasteiger partial charge in [0, 0.05) is 11.1 Å². The SMILES string of the molecule is Nc1ccc2c(c1)CCCC2Nc1nc2sccn2c1[N+](=O)[O-]. The van der Waals surface area contributed by atoms with Crippen LogP contribution in [0.5, 0.6) is 0 Å². The van der Waals surface area contributed by atoms with Crippen LogP contribution in [0, 0.1) is 10.1 Å². The minimum absolute atomic E-state index is 0.0104. The van der Waals surface area contributed by atoms with Crippen molar-refractivity contribution < 1.29 is 4.92 Å². The van der Waals surface area contributed by atoms with Gasteiger partial charge in [0.05, 0.1) is 6.04 Å². The van der Waals surface area contributed by atoms with Crippen molar-refractivity contribution in [2.45, 2.75) is 25.3 Å². The molecule has 118 valence electrons. The summed E-state index contributed by atoms with van der Waals surface area (Å²) in [6.45, 7) is 0. The molecule has 1 aromatic carbocycles. The summed E-state index contributed by atoms with van der Waals surface area (Å²) in [4.78, 5) is 16.0. The summed E-state index contributed by atoms with van der Waals surface area (Å²) in [7, 11) is 0. The Kier molecular flexibility index (Phi) is 3.19. The summed E-state index contributed by atoms with van der Waals surface area (Å²) in [5.41, 5.74) is 8.96. The molecule has 0 spiro atoms. The lowest BCUT2D eigenvalue weighted by molar-refractivity contribution is -0.389. The van der Waals surface area contributed by atoms with Gasteiger partial charge in [-0.1, -0.05) is 17.4 Å². The fourth-order valence-corrected chi connectivity index (χ4v) is 3.90. The van der Waals surface area contributed by atoms with Crippen LogP contribution in [0.25, 0.3) is 4.96 Å². The highest BCUT2D eigenvalue weighted by Gasteiger charge is 2.28. The Morgan fingerprint density at radius 3 is 3.17 bits per heavy atom. The van der Waals surface area contributed by atoms with Crippen LogP contribution in [0.2, 0.25) is 0 Å². The third kappa shape index (κ3) is 2.31. The second kappa shape index (κ2) is 5.24. The van der Waals surface area contributed by atoms with Crippen LogP contribution >= 0.6 is 11.3 Å². The van der Waals surface area contributed by atoms with E-state index < -0.39 is 0 Å². The van der Waals surface area contributed by atoms with Crippen molar-refractivity contribution in [2.24, 2.45) is 0 Å². The number of nitro groups is 1. The largest absolute Gasteiger partial charge is 0.399 e. The van der Waals surface area contributed by atoms with Crippen molar-refractivity contribution in [3.63, 3.8) is 0 Å². The van der Waals surface area contributed by atoms with Gasteiger partial charge < -0.3 is 21.2 Å². The van der Waals surface area contributed by atoms with Gasteiger partial charge in [-0.3, -0.25) is 0 Å². The molecule has 0 fully saturated rings. The molecular weight excluding hydrogens is 314 g/mol. The second-order valence-electron chi connectivity index (χ2n) is 5.64. The molecule has 2 heterocycles. The van der Waals surface area contributed by atoms with Crippen molar-refractivity contribution in [3.8, 4) is 0 Å². The number of nitrogens with one attached hydrogen (secondary N) is 1. The normalized spacial score (nSPS) is 17.1. The highest BCUT2D eigenvalue weighted by molar-refractivity contribution is 7.15. The van der Waals surface area contributed by atoms with Gasteiger partial charge >= 0.3 is 5.82 Å². The zero-order chi connectivity index (χ0) is 16.0. The lowest BCUT2D eigenvalue weighted by Gasteiger charge is -2.26. The predicted molar refractivity (Wildman–Crippen MR) is 89.9 cm³/mol. The molecular formula is C15H15N5O2S. The number of nitrogen functional groups attached to an aromatic ring is 1. The lowest BCUT2D eigenvalue weighted by atomic mass is 9.87. The Balaban J connectivity index is 1.73. The van der Waals surface area contributed by atoms with Gasteiger partial charge in [0.15, 0.2) is 0 Å². The minimum atomic E-state index is -0.387. The molecule has 0 saturated carbocycles. The van der Waals surface area contributed by atoms with Crippen molar-refractivity contribution in [1.29, 1.82) is 0 Å². The summed E-state index contributed by atoms with van der Waals surface area (Å²) in [5.74, 6) is 0.320. The lowest BCUT2D eigenvalue weighted by Crippen LogP contribution is -2.18. The summed E-state index contributed by atoms with van der Waals surface area (Å²) < 4.78 is 1.51. The summed E-state index contributed by atoms with van der Waals surface area (Å²) in [6, 6.07) is 5.89. The molecule has 7 nitrogen and oxygen atoms in total. The Morgan fingerprint density at radius 1 is 1.48 bits per heavy atom. The van der Waals surface area contributed by atoms with E-state index in [4.69, 9.17) is 5.73 Å². The van der Waals surface area contributed by atoms with E-state index in [0.29, 0.717) is 10.8 Å². The number of nitrogens with two attached hydrogens (primary N) is 1. The Morgan fingerprint density at radius 2 is 2.35 bits per heavy atom. The third-order valence-corrected chi connectivity index (χ3v) is 4.96. The van der Waals surface area contributed by atoms with E-state index in [0.717, 1.165) is 30.5 Å². The minimum Gasteiger partial charge on any atom is -0.399 e. The standard InChI is InChI=1S/C15H15N5O2S/c16-10-4-5-11-9(8-10)2-1-3-12(11)17-13-14(20(21)22)19-6-7-23-15(19)18-13/h4-8,12,17H,1-3,16H2. The van der Waals surface area contributed by atoms with Gasteiger partial charge in [-0.05, 0) is 47.4 Å². The second-order valence-corrected chi connectivity index (χ2v) is 6.52. The fraction of sp³-hybridized carbons (Fsp3) is 0.267. The third-order valence-electron chi connectivity index (χ3n) is 4.20. The van der Waals surface area contributed by atoms with E-state index in [-0.39, 0.29) is 16.8 Å². The van der Waals surface area contributed by atoms with E-state index in [2.05, 4.69) is 10.3 Å². The molecule has 1 aliphatic rings. The molecule has 4 rings (SSSR count). The zero-order valence-electron chi connectivity index (χ0n) is 12.2. The number of aromatic nitrogens is 2. The molecule has 0 saturated heterocycles. The molecule has 0 aliphatic heterocycles. The number of hydrogen-bond donors (Lipinski definition) is 2. The number of thiazole rings is 1. The topological polar surface area (TPSA) is 98.5 Å². The number of aryl methyl sites for hydroxylation is 1. The Bertz CT molecular complexity index is 901. The molecule has 0 bridgehead atoms. The first-order valence-corrected chi connectivity index (χ1v) is 8.26. The molecule has 1 aliphatic carbocycles. The van der Waals surface area contributed by atoms with Crippen LogP contribution in [-0.2, 0) is 6.42 Å². The van der Waals surface area contributed by atoms with Crippen LogP contribution in [0.15, 0.2) is 29.8 Å². The number of benzene rings is 1. The van der Waals surface area contributed by atoms with Gasteiger partial charge in [-0.2, -0.15) is 9.38 Å². The van der Waals surface area contributed by atoms with Crippen LogP contribution in [0.3, 0.4) is 0 Å².